The topological polar surface area (TPSA) is 118 Å². The second kappa shape index (κ2) is 10.5. The van der Waals surface area contributed by atoms with Crippen LogP contribution in [0.5, 0.6) is 0 Å². The second-order valence-electron chi connectivity index (χ2n) is 7.94. The lowest BCUT2D eigenvalue weighted by atomic mass is 9.88. The molecule has 1 aliphatic carbocycles. The number of sulfonamides is 1. The fraction of sp³-hybridized carbons (Fsp3) is 0.391. The minimum absolute atomic E-state index is 0.0651. The van der Waals surface area contributed by atoms with Crippen LogP contribution < -0.4 is 15.8 Å². The molecule has 2 aromatic rings. The van der Waals surface area contributed by atoms with Crippen LogP contribution in [0.4, 0.5) is 0 Å². The summed E-state index contributed by atoms with van der Waals surface area (Å²) < 4.78 is 22.6. The predicted octanol–water partition coefficient (Wildman–Crippen LogP) is 2.50. The van der Waals surface area contributed by atoms with Crippen molar-refractivity contribution in [3.63, 3.8) is 0 Å². The van der Waals surface area contributed by atoms with Crippen molar-refractivity contribution in [2.75, 3.05) is 6.54 Å². The van der Waals surface area contributed by atoms with Gasteiger partial charge in [0.25, 0.3) is 5.91 Å². The molecule has 0 radical (unpaired) electrons. The highest BCUT2D eigenvalue weighted by Crippen LogP contribution is 2.23. The molecule has 0 aromatic heterocycles. The molecule has 3 rings (SSSR count). The standard InChI is InChI=1S/C23H29N3O4S/c24-31(29,30)21-12-8-17(9-13-21)14-15-25-22(27)20-10-6-18(7-11-20)16-26-23(28)19-4-2-1-3-5-19/h6-13,19H,1-5,14-16H2,(H,25,27)(H,26,28)(H2,24,29,30). The third-order valence-corrected chi connectivity index (χ3v) is 6.54. The number of rotatable bonds is 8. The monoisotopic (exact) mass is 443 g/mol. The summed E-state index contributed by atoms with van der Waals surface area (Å²) in [7, 11) is -3.70. The first-order valence-electron chi connectivity index (χ1n) is 10.6. The molecule has 0 saturated heterocycles. The second-order valence-corrected chi connectivity index (χ2v) is 9.51. The maximum atomic E-state index is 12.3. The maximum absolute atomic E-state index is 12.3. The van der Waals surface area contributed by atoms with Gasteiger partial charge >= 0.3 is 0 Å². The fourth-order valence-electron chi connectivity index (χ4n) is 3.74. The Morgan fingerprint density at radius 1 is 0.871 bits per heavy atom. The first-order valence-corrected chi connectivity index (χ1v) is 12.1. The number of nitrogens with two attached hydrogens (primary N) is 1. The lowest BCUT2D eigenvalue weighted by molar-refractivity contribution is -0.126. The molecule has 0 atom stereocenters. The van der Waals surface area contributed by atoms with Crippen molar-refractivity contribution < 1.29 is 18.0 Å². The van der Waals surface area contributed by atoms with Crippen LogP contribution in [-0.2, 0) is 27.8 Å². The number of nitrogens with one attached hydrogen (secondary N) is 2. The zero-order chi connectivity index (χ0) is 22.3. The van der Waals surface area contributed by atoms with E-state index in [4.69, 9.17) is 5.14 Å². The SMILES string of the molecule is NS(=O)(=O)c1ccc(CCNC(=O)c2ccc(CNC(=O)C3CCCCC3)cc2)cc1. The van der Waals surface area contributed by atoms with Crippen LogP contribution in [0.3, 0.4) is 0 Å². The highest BCUT2D eigenvalue weighted by atomic mass is 32.2. The predicted molar refractivity (Wildman–Crippen MR) is 119 cm³/mol. The number of benzene rings is 2. The molecule has 1 fully saturated rings. The van der Waals surface area contributed by atoms with Crippen molar-refractivity contribution in [2.24, 2.45) is 11.1 Å². The van der Waals surface area contributed by atoms with Crippen molar-refractivity contribution in [1.82, 2.24) is 10.6 Å². The summed E-state index contributed by atoms with van der Waals surface area (Å²) in [5.74, 6) is 0.0762. The Hall–Kier alpha value is -2.71. The smallest absolute Gasteiger partial charge is 0.251 e. The molecule has 0 aliphatic heterocycles. The van der Waals surface area contributed by atoms with Crippen molar-refractivity contribution in [2.45, 2.75) is 50.0 Å². The van der Waals surface area contributed by atoms with Gasteiger partial charge in [0.1, 0.15) is 0 Å². The molecule has 2 amide bonds. The molecule has 0 bridgehead atoms. The van der Waals surface area contributed by atoms with E-state index in [2.05, 4.69) is 10.6 Å². The van der Waals surface area contributed by atoms with Crippen LogP contribution in [0.1, 0.15) is 53.6 Å². The van der Waals surface area contributed by atoms with Crippen LogP contribution >= 0.6 is 0 Å². The minimum Gasteiger partial charge on any atom is -0.352 e. The van der Waals surface area contributed by atoms with Crippen LogP contribution in [0.2, 0.25) is 0 Å². The van der Waals surface area contributed by atoms with E-state index in [9.17, 15) is 18.0 Å². The first-order chi connectivity index (χ1) is 14.8. The maximum Gasteiger partial charge on any atom is 0.251 e. The van der Waals surface area contributed by atoms with Gasteiger partial charge in [-0.1, -0.05) is 43.5 Å². The zero-order valence-electron chi connectivity index (χ0n) is 17.5. The largest absolute Gasteiger partial charge is 0.352 e. The number of hydrogen-bond donors (Lipinski definition) is 3. The Labute approximate surface area is 183 Å². The van der Waals surface area contributed by atoms with Crippen molar-refractivity contribution in [1.29, 1.82) is 0 Å². The summed E-state index contributed by atoms with van der Waals surface area (Å²) in [6.07, 6.45) is 5.99. The molecule has 4 N–H and O–H groups in total. The molecule has 7 nitrogen and oxygen atoms in total. The molecule has 1 saturated carbocycles. The molecule has 8 heteroatoms. The van der Waals surface area contributed by atoms with E-state index >= 15 is 0 Å². The van der Waals surface area contributed by atoms with Gasteiger partial charge in [0, 0.05) is 24.6 Å². The molecule has 0 spiro atoms. The molecule has 31 heavy (non-hydrogen) atoms. The Bertz CT molecular complexity index is 996. The summed E-state index contributed by atoms with van der Waals surface area (Å²) in [4.78, 5) is 24.6. The van der Waals surface area contributed by atoms with Crippen LogP contribution in [0.15, 0.2) is 53.4 Å². The van der Waals surface area contributed by atoms with Gasteiger partial charge in [-0.25, -0.2) is 13.6 Å². The summed E-state index contributed by atoms with van der Waals surface area (Å²) in [6.45, 7) is 0.887. The van der Waals surface area contributed by atoms with Crippen LogP contribution in [0.25, 0.3) is 0 Å². The molecule has 0 unspecified atom stereocenters. The van der Waals surface area contributed by atoms with Gasteiger partial charge in [-0.3, -0.25) is 9.59 Å². The highest BCUT2D eigenvalue weighted by molar-refractivity contribution is 7.89. The third kappa shape index (κ3) is 6.90. The van der Waals surface area contributed by atoms with E-state index in [0.29, 0.717) is 25.1 Å². The van der Waals surface area contributed by atoms with E-state index < -0.39 is 10.0 Å². The van der Waals surface area contributed by atoms with E-state index in [0.717, 1.165) is 36.8 Å². The first kappa shape index (κ1) is 23.0. The number of carbonyl (C=O) groups is 2. The Balaban J connectivity index is 1.43. The normalized spacial score (nSPS) is 14.7. The number of hydrogen-bond acceptors (Lipinski definition) is 4. The Kier molecular flexibility index (Phi) is 7.81. The summed E-state index contributed by atoms with van der Waals surface area (Å²) in [6, 6.07) is 13.5. The molecule has 0 heterocycles. The molecular formula is C23H29N3O4S. The van der Waals surface area contributed by atoms with Crippen LogP contribution in [0, 0.1) is 5.92 Å². The lowest BCUT2D eigenvalue weighted by Crippen LogP contribution is -2.31. The van der Waals surface area contributed by atoms with Crippen molar-refractivity contribution >= 4 is 21.8 Å². The highest BCUT2D eigenvalue weighted by Gasteiger charge is 2.20. The zero-order valence-corrected chi connectivity index (χ0v) is 18.3. The summed E-state index contributed by atoms with van der Waals surface area (Å²) in [5, 5.41) is 10.9. The lowest BCUT2D eigenvalue weighted by Gasteiger charge is -2.20. The number of carbonyl (C=O) groups excluding carboxylic acids is 2. The Morgan fingerprint density at radius 2 is 1.48 bits per heavy atom. The van der Waals surface area contributed by atoms with Gasteiger partial charge in [-0.2, -0.15) is 0 Å². The van der Waals surface area contributed by atoms with Crippen LogP contribution in [-0.4, -0.2) is 26.8 Å². The van der Waals surface area contributed by atoms with E-state index in [1.807, 2.05) is 12.1 Å². The molecule has 1 aliphatic rings. The fourth-order valence-corrected chi connectivity index (χ4v) is 4.26. The van der Waals surface area contributed by atoms with Gasteiger partial charge in [0.2, 0.25) is 15.9 Å². The van der Waals surface area contributed by atoms with E-state index in [1.54, 1.807) is 24.3 Å². The average Bonchev–Trinajstić information content (AvgIpc) is 2.78. The van der Waals surface area contributed by atoms with Gasteiger partial charge in [-0.05, 0) is 54.7 Å². The minimum atomic E-state index is -3.70. The van der Waals surface area contributed by atoms with Gasteiger partial charge in [-0.15, -0.1) is 0 Å². The molecular weight excluding hydrogens is 414 g/mol. The van der Waals surface area contributed by atoms with Gasteiger partial charge in [0.05, 0.1) is 4.90 Å². The van der Waals surface area contributed by atoms with E-state index in [1.165, 1.54) is 18.6 Å². The number of amides is 2. The van der Waals surface area contributed by atoms with Crippen molar-refractivity contribution in [3.05, 3.63) is 65.2 Å². The average molecular weight is 444 g/mol. The third-order valence-electron chi connectivity index (χ3n) is 5.61. The van der Waals surface area contributed by atoms with Crippen molar-refractivity contribution in [3.8, 4) is 0 Å². The number of primary sulfonamides is 1. The molecule has 166 valence electrons. The Morgan fingerprint density at radius 3 is 2.10 bits per heavy atom. The summed E-state index contributed by atoms with van der Waals surface area (Å²) in [5.41, 5.74) is 2.40. The van der Waals surface area contributed by atoms with Gasteiger partial charge < -0.3 is 10.6 Å². The van der Waals surface area contributed by atoms with E-state index in [-0.39, 0.29) is 22.6 Å². The molecule has 2 aromatic carbocycles. The quantitative estimate of drug-likeness (QED) is 0.581. The summed E-state index contributed by atoms with van der Waals surface area (Å²) >= 11 is 0. The van der Waals surface area contributed by atoms with Gasteiger partial charge in [0.15, 0.2) is 0 Å².